The van der Waals surface area contributed by atoms with Crippen LogP contribution < -0.4 is 5.32 Å². The lowest BCUT2D eigenvalue weighted by Gasteiger charge is -2.15. The van der Waals surface area contributed by atoms with E-state index in [-0.39, 0.29) is 17.4 Å². The third kappa shape index (κ3) is 5.94. The van der Waals surface area contributed by atoms with Crippen LogP contribution in [0.2, 0.25) is 0 Å². The Morgan fingerprint density at radius 1 is 0.742 bits per heavy atom. The Labute approximate surface area is 176 Å². The minimum Gasteiger partial charge on any atom is -0.508 e. The third-order valence-electron chi connectivity index (χ3n) is 4.03. The van der Waals surface area contributed by atoms with E-state index in [0.717, 1.165) is 9.79 Å². The Bertz CT molecular complexity index is 1040. The Hall–Kier alpha value is -3.14. The number of aromatic hydroxyl groups is 1. The molecule has 0 radical (unpaired) electrons. The summed E-state index contributed by atoms with van der Waals surface area (Å²) in [7, 11) is 0. The molecule has 0 aliphatic heterocycles. The summed E-state index contributed by atoms with van der Waals surface area (Å²) < 4.78 is 77.7. The monoisotopic (exact) mass is 457 g/mol. The number of benzene rings is 3. The van der Waals surface area contributed by atoms with Crippen molar-refractivity contribution in [3.05, 3.63) is 83.4 Å². The van der Waals surface area contributed by atoms with Crippen LogP contribution in [0, 0.1) is 0 Å². The summed E-state index contributed by atoms with van der Waals surface area (Å²) in [5.74, 6) is -0.742. The smallest absolute Gasteiger partial charge is 0.416 e. The number of alkyl halides is 6. The molecule has 0 bridgehead atoms. The summed E-state index contributed by atoms with van der Waals surface area (Å²) in [4.78, 5) is 13.9. The molecule has 10 heteroatoms. The minimum absolute atomic E-state index is 0.00893. The molecule has 0 fully saturated rings. The van der Waals surface area contributed by atoms with E-state index in [9.17, 15) is 36.2 Å². The third-order valence-corrected chi connectivity index (χ3v) is 5.05. The van der Waals surface area contributed by atoms with Gasteiger partial charge in [0.2, 0.25) is 0 Å². The van der Waals surface area contributed by atoms with Crippen molar-refractivity contribution in [1.29, 1.82) is 0 Å². The normalized spacial score (nSPS) is 11.9. The van der Waals surface area contributed by atoms with Crippen molar-refractivity contribution in [2.75, 3.05) is 5.32 Å². The molecule has 0 saturated heterocycles. The molecule has 0 unspecified atom stereocenters. The van der Waals surface area contributed by atoms with Gasteiger partial charge in [0.1, 0.15) is 5.75 Å². The molecular formula is C21H13F6NO2S. The van der Waals surface area contributed by atoms with E-state index in [2.05, 4.69) is 5.32 Å². The average molecular weight is 457 g/mol. The molecule has 0 aromatic heterocycles. The lowest BCUT2D eigenvalue weighted by atomic mass is 10.1. The molecule has 0 aliphatic rings. The maximum absolute atomic E-state index is 12.9. The number of phenolic OH excluding ortho intramolecular Hbond substituents is 1. The number of nitrogens with one attached hydrogen (secondary N) is 1. The van der Waals surface area contributed by atoms with Gasteiger partial charge in [0.15, 0.2) is 0 Å². The zero-order chi connectivity index (χ0) is 22.8. The van der Waals surface area contributed by atoms with E-state index in [1.807, 2.05) is 0 Å². The number of hydrogen-bond acceptors (Lipinski definition) is 3. The van der Waals surface area contributed by atoms with Gasteiger partial charge < -0.3 is 10.4 Å². The highest BCUT2D eigenvalue weighted by Crippen LogP contribution is 2.37. The Morgan fingerprint density at radius 3 is 1.65 bits per heavy atom. The molecule has 0 saturated carbocycles. The zero-order valence-electron chi connectivity index (χ0n) is 15.4. The van der Waals surface area contributed by atoms with Crippen molar-refractivity contribution >= 4 is 23.4 Å². The standard InChI is InChI=1S/C21H13F6NO2S/c22-20(23,24)13-9-14(21(25,26)27)11-15(10-13)28-19(30)12-1-5-17(6-2-12)31-18-7-3-16(29)4-8-18/h1-11,29H,(H,28,30). The molecule has 2 N–H and O–H groups in total. The minimum atomic E-state index is -5.01. The first-order valence-electron chi connectivity index (χ1n) is 8.59. The van der Waals surface area contributed by atoms with Gasteiger partial charge in [-0.1, -0.05) is 11.8 Å². The van der Waals surface area contributed by atoms with E-state index in [4.69, 9.17) is 0 Å². The molecule has 0 atom stereocenters. The highest BCUT2D eigenvalue weighted by atomic mass is 32.2. The van der Waals surface area contributed by atoms with Crippen molar-refractivity contribution in [1.82, 2.24) is 0 Å². The molecule has 3 aromatic rings. The fourth-order valence-electron chi connectivity index (χ4n) is 2.55. The van der Waals surface area contributed by atoms with Crippen LogP contribution >= 0.6 is 11.8 Å². The summed E-state index contributed by atoms with van der Waals surface area (Å²) >= 11 is 1.34. The number of carbonyl (C=O) groups excluding carboxylic acids is 1. The first kappa shape index (κ1) is 22.5. The van der Waals surface area contributed by atoms with Gasteiger partial charge in [-0.15, -0.1) is 0 Å². The molecule has 0 spiro atoms. The number of rotatable bonds is 4. The van der Waals surface area contributed by atoms with Gasteiger partial charge >= 0.3 is 12.4 Å². The zero-order valence-corrected chi connectivity index (χ0v) is 16.2. The Balaban J connectivity index is 1.78. The summed E-state index contributed by atoms with van der Waals surface area (Å²) in [6.07, 6.45) is -10.0. The second kappa shape index (κ2) is 8.54. The van der Waals surface area contributed by atoms with Gasteiger partial charge in [-0.25, -0.2) is 0 Å². The second-order valence-corrected chi connectivity index (χ2v) is 7.52. The van der Waals surface area contributed by atoms with E-state index in [1.54, 1.807) is 24.3 Å². The maximum Gasteiger partial charge on any atom is 0.416 e. The predicted molar refractivity (Wildman–Crippen MR) is 103 cm³/mol. The van der Waals surface area contributed by atoms with Gasteiger partial charge in [0.25, 0.3) is 5.91 Å². The molecular weight excluding hydrogens is 444 g/mol. The Morgan fingerprint density at radius 2 is 1.19 bits per heavy atom. The summed E-state index contributed by atoms with van der Waals surface area (Å²) in [6.45, 7) is 0. The van der Waals surface area contributed by atoms with Crippen LogP contribution in [0.25, 0.3) is 0 Å². The van der Waals surface area contributed by atoms with Gasteiger partial charge in [-0.3, -0.25) is 4.79 Å². The quantitative estimate of drug-likeness (QED) is 0.422. The van der Waals surface area contributed by atoms with E-state index >= 15 is 0 Å². The van der Waals surface area contributed by atoms with Gasteiger partial charge in [-0.2, -0.15) is 26.3 Å². The van der Waals surface area contributed by atoms with Crippen LogP contribution in [0.1, 0.15) is 21.5 Å². The molecule has 3 aromatic carbocycles. The largest absolute Gasteiger partial charge is 0.508 e. The van der Waals surface area contributed by atoms with Gasteiger partial charge in [0, 0.05) is 21.0 Å². The molecule has 0 aliphatic carbocycles. The SMILES string of the molecule is O=C(Nc1cc(C(F)(F)F)cc(C(F)(F)F)c1)c1ccc(Sc2ccc(O)cc2)cc1. The summed E-state index contributed by atoms with van der Waals surface area (Å²) in [6, 6.07) is 13.2. The van der Waals surface area contributed by atoms with Gasteiger partial charge in [0.05, 0.1) is 11.1 Å². The summed E-state index contributed by atoms with van der Waals surface area (Å²) in [5.41, 5.74) is -3.59. The second-order valence-electron chi connectivity index (χ2n) is 6.37. The molecule has 0 heterocycles. The number of hydrogen-bond donors (Lipinski definition) is 2. The average Bonchev–Trinajstić information content (AvgIpc) is 2.69. The predicted octanol–water partition coefficient (Wildman–Crippen LogP) is 6.83. The number of amides is 1. The molecule has 3 rings (SSSR count). The molecule has 3 nitrogen and oxygen atoms in total. The maximum atomic E-state index is 12.9. The van der Waals surface area contributed by atoms with Crippen LogP contribution in [-0.4, -0.2) is 11.0 Å². The van der Waals surface area contributed by atoms with Crippen molar-refractivity contribution in [2.24, 2.45) is 0 Å². The van der Waals surface area contributed by atoms with E-state index < -0.39 is 35.1 Å². The number of halogens is 6. The van der Waals surface area contributed by atoms with Crippen LogP contribution in [0.5, 0.6) is 5.75 Å². The van der Waals surface area contributed by atoms with Crippen molar-refractivity contribution in [3.63, 3.8) is 0 Å². The van der Waals surface area contributed by atoms with E-state index in [0.29, 0.717) is 12.1 Å². The number of phenols is 1. The van der Waals surface area contributed by atoms with Crippen molar-refractivity contribution < 1.29 is 36.2 Å². The topological polar surface area (TPSA) is 49.3 Å². The van der Waals surface area contributed by atoms with Crippen LogP contribution in [0.3, 0.4) is 0 Å². The number of carbonyl (C=O) groups is 1. The lowest BCUT2D eigenvalue weighted by Crippen LogP contribution is -2.15. The Kier molecular flexibility index (Phi) is 6.21. The number of anilines is 1. The lowest BCUT2D eigenvalue weighted by molar-refractivity contribution is -0.143. The van der Waals surface area contributed by atoms with Crippen LogP contribution in [-0.2, 0) is 12.4 Å². The van der Waals surface area contributed by atoms with E-state index in [1.165, 1.54) is 36.0 Å². The van der Waals surface area contributed by atoms with Crippen LogP contribution in [0.15, 0.2) is 76.5 Å². The van der Waals surface area contributed by atoms with Crippen molar-refractivity contribution in [2.45, 2.75) is 22.1 Å². The highest BCUT2D eigenvalue weighted by Gasteiger charge is 2.37. The summed E-state index contributed by atoms with van der Waals surface area (Å²) in [5, 5.41) is 11.4. The fraction of sp³-hybridized carbons (Fsp3) is 0.0952. The van der Waals surface area contributed by atoms with Crippen molar-refractivity contribution in [3.8, 4) is 5.75 Å². The molecule has 162 valence electrons. The highest BCUT2D eigenvalue weighted by molar-refractivity contribution is 7.99. The fourth-order valence-corrected chi connectivity index (χ4v) is 3.37. The molecule has 1 amide bonds. The first-order valence-corrected chi connectivity index (χ1v) is 9.41. The van der Waals surface area contributed by atoms with Crippen LogP contribution in [0.4, 0.5) is 32.0 Å². The van der Waals surface area contributed by atoms with Gasteiger partial charge in [-0.05, 0) is 66.7 Å². The molecule has 31 heavy (non-hydrogen) atoms. The first-order chi connectivity index (χ1) is 14.4.